The third kappa shape index (κ3) is 6.40. The Hall–Kier alpha value is -3.22. The molecule has 1 aliphatic rings. The molecule has 33 heavy (non-hydrogen) atoms. The number of nitrogens with two attached hydrogens (primary N) is 1. The van der Waals surface area contributed by atoms with Gasteiger partial charge in [0, 0.05) is 17.5 Å². The number of methoxy groups -OCH3 is 1. The fraction of sp³-hybridized carbons (Fsp3) is 0.462. The topological polar surface area (TPSA) is 99.9 Å². The molecule has 0 unspecified atom stereocenters. The van der Waals surface area contributed by atoms with Crippen LogP contribution in [-0.4, -0.2) is 32.0 Å². The smallest absolute Gasteiger partial charge is 0.230 e. The highest BCUT2D eigenvalue weighted by Crippen LogP contribution is 2.41. The van der Waals surface area contributed by atoms with E-state index in [0.29, 0.717) is 42.4 Å². The van der Waals surface area contributed by atoms with Crippen LogP contribution in [0.15, 0.2) is 36.4 Å². The molecule has 1 amide bonds. The summed E-state index contributed by atoms with van der Waals surface area (Å²) in [5.74, 6) is 1.59. The molecular weight excluding hydrogens is 420 g/mol. The SMILES string of the molecule is COc1ccc2c(c1NC(=O)C(C)(C)CCCCCCOc1ccc(N)cc1)OCCC2=O. The lowest BCUT2D eigenvalue weighted by atomic mass is 9.85. The van der Waals surface area contributed by atoms with Gasteiger partial charge in [-0.3, -0.25) is 9.59 Å². The Kier molecular flexibility index (Phi) is 8.20. The maximum absolute atomic E-state index is 13.1. The van der Waals surface area contributed by atoms with E-state index in [2.05, 4.69) is 5.32 Å². The second kappa shape index (κ2) is 11.1. The molecule has 0 atom stereocenters. The number of nitrogen functional groups attached to an aromatic ring is 1. The van der Waals surface area contributed by atoms with Crippen molar-refractivity contribution in [1.29, 1.82) is 0 Å². The molecule has 2 aromatic carbocycles. The van der Waals surface area contributed by atoms with Crippen molar-refractivity contribution >= 4 is 23.1 Å². The predicted molar refractivity (Wildman–Crippen MR) is 129 cm³/mol. The normalized spacial score (nSPS) is 13.1. The number of hydrogen-bond donors (Lipinski definition) is 2. The van der Waals surface area contributed by atoms with Gasteiger partial charge in [-0.2, -0.15) is 0 Å². The van der Waals surface area contributed by atoms with E-state index in [1.54, 1.807) is 12.1 Å². The molecule has 178 valence electrons. The minimum Gasteiger partial charge on any atom is -0.494 e. The van der Waals surface area contributed by atoms with Crippen molar-refractivity contribution in [3.63, 3.8) is 0 Å². The fourth-order valence-corrected chi connectivity index (χ4v) is 3.78. The van der Waals surface area contributed by atoms with Gasteiger partial charge >= 0.3 is 0 Å². The van der Waals surface area contributed by atoms with Crippen LogP contribution < -0.4 is 25.3 Å². The summed E-state index contributed by atoms with van der Waals surface area (Å²) < 4.78 is 16.9. The predicted octanol–water partition coefficient (Wildman–Crippen LogP) is 5.24. The lowest BCUT2D eigenvalue weighted by Gasteiger charge is -2.26. The van der Waals surface area contributed by atoms with Gasteiger partial charge < -0.3 is 25.3 Å². The summed E-state index contributed by atoms with van der Waals surface area (Å²) in [5, 5.41) is 2.96. The van der Waals surface area contributed by atoms with Gasteiger partial charge in [0.1, 0.15) is 17.2 Å². The second-order valence-corrected chi connectivity index (χ2v) is 8.96. The summed E-state index contributed by atoms with van der Waals surface area (Å²) in [6.45, 7) is 4.82. The highest BCUT2D eigenvalue weighted by molar-refractivity contribution is 6.05. The Labute approximate surface area is 195 Å². The number of nitrogens with one attached hydrogen (secondary N) is 1. The highest BCUT2D eigenvalue weighted by Gasteiger charge is 2.31. The average molecular weight is 455 g/mol. The summed E-state index contributed by atoms with van der Waals surface area (Å²) in [6.07, 6.45) is 5.02. The first-order chi connectivity index (χ1) is 15.8. The van der Waals surface area contributed by atoms with Gasteiger partial charge in [-0.05, 0) is 49.2 Å². The maximum Gasteiger partial charge on any atom is 0.230 e. The minimum atomic E-state index is -0.577. The monoisotopic (exact) mass is 454 g/mol. The van der Waals surface area contributed by atoms with Crippen molar-refractivity contribution in [2.75, 3.05) is 31.4 Å². The van der Waals surface area contributed by atoms with Crippen molar-refractivity contribution < 1.29 is 23.8 Å². The van der Waals surface area contributed by atoms with Crippen molar-refractivity contribution in [2.24, 2.45) is 5.41 Å². The number of hydrogen-bond acceptors (Lipinski definition) is 6. The molecule has 0 radical (unpaired) electrons. The Balaban J connectivity index is 1.46. The largest absolute Gasteiger partial charge is 0.494 e. The molecule has 0 aliphatic carbocycles. The van der Waals surface area contributed by atoms with Crippen LogP contribution >= 0.6 is 0 Å². The lowest BCUT2D eigenvalue weighted by Crippen LogP contribution is -2.31. The quantitative estimate of drug-likeness (QED) is 0.356. The third-order valence-electron chi connectivity index (χ3n) is 5.91. The van der Waals surface area contributed by atoms with Crippen LogP contribution in [0.1, 0.15) is 62.7 Å². The molecule has 1 heterocycles. The number of ether oxygens (including phenoxy) is 3. The van der Waals surface area contributed by atoms with E-state index in [4.69, 9.17) is 19.9 Å². The van der Waals surface area contributed by atoms with E-state index in [1.807, 2.05) is 38.1 Å². The molecule has 2 aromatic rings. The Bertz CT molecular complexity index is 969. The molecule has 0 aromatic heterocycles. The zero-order valence-corrected chi connectivity index (χ0v) is 19.7. The van der Waals surface area contributed by atoms with Gasteiger partial charge in [0.25, 0.3) is 0 Å². The lowest BCUT2D eigenvalue weighted by molar-refractivity contribution is -0.124. The molecular formula is C26H34N2O5. The van der Waals surface area contributed by atoms with Crippen molar-refractivity contribution in [3.8, 4) is 17.2 Å². The van der Waals surface area contributed by atoms with Crippen LogP contribution in [0.3, 0.4) is 0 Å². The number of carbonyl (C=O) groups excluding carboxylic acids is 2. The number of benzene rings is 2. The minimum absolute atomic E-state index is 0.00837. The maximum atomic E-state index is 13.1. The first kappa shape index (κ1) is 24.4. The standard InChI is InChI=1S/C26H34N2O5/c1-26(2,15-6-4-5-7-16-32-19-10-8-18(27)9-11-19)25(30)28-23-22(31-3)13-12-20-21(29)14-17-33-24(20)23/h8-13H,4-7,14-17,27H2,1-3H3,(H,28,30). The molecule has 7 nitrogen and oxygen atoms in total. The van der Waals surface area contributed by atoms with Crippen LogP contribution in [-0.2, 0) is 4.79 Å². The van der Waals surface area contributed by atoms with Gasteiger partial charge in [-0.15, -0.1) is 0 Å². The summed E-state index contributed by atoms with van der Waals surface area (Å²) in [4.78, 5) is 25.3. The fourth-order valence-electron chi connectivity index (χ4n) is 3.78. The molecule has 3 rings (SSSR count). The van der Waals surface area contributed by atoms with E-state index in [9.17, 15) is 9.59 Å². The number of unbranched alkanes of at least 4 members (excludes halogenated alkanes) is 3. The molecule has 0 bridgehead atoms. The molecule has 0 fully saturated rings. The van der Waals surface area contributed by atoms with Crippen molar-refractivity contribution in [1.82, 2.24) is 0 Å². The number of anilines is 2. The Morgan fingerprint density at radius 3 is 2.55 bits per heavy atom. The number of carbonyl (C=O) groups is 2. The van der Waals surface area contributed by atoms with Gasteiger partial charge in [-0.1, -0.05) is 33.1 Å². The van der Waals surface area contributed by atoms with Gasteiger partial charge in [-0.25, -0.2) is 0 Å². The summed E-state index contributed by atoms with van der Waals surface area (Å²) in [7, 11) is 1.53. The van der Waals surface area contributed by atoms with E-state index in [0.717, 1.165) is 43.5 Å². The number of amides is 1. The molecule has 0 spiro atoms. The zero-order chi connectivity index (χ0) is 23.8. The number of rotatable bonds is 11. The number of Topliss-reactive ketones (excluding diaryl/α,β-unsaturated/α-hetero) is 1. The number of fused-ring (bicyclic) bond motifs is 1. The molecule has 0 saturated heterocycles. The molecule has 3 N–H and O–H groups in total. The average Bonchev–Trinajstić information content (AvgIpc) is 2.80. The highest BCUT2D eigenvalue weighted by atomic mass is 16.5. The van der Waals surface area contributed by atoms with Gasteiger partial charge in [0.15, 0.2) is 11.5 Å². The molecule has 1 aliphatic heterocycles. The Morgan fingerprint density at radius 1 is 1.09 bits per heavy atom. The van der Waals surface area contributed by atoms with E-state index < -0.39 is 5.41 Å². The van der Waals surface area contributed by atoms with E-state index >= 15 is 0 Å². The molecule has 0 saturated carbocycles. The van der Waals surface area contributed by atoms with Crippen LogP contribution in [0.25, 0.3) is 0 Å². The van der Waals surface area contributed by atoms with Crippen molar-refractivity contribution in [2.45, 2.75) is 52.4 Å². The molecule has 7 heteroatoms. The van der Waals surface area contributed by atoms with Crippen LogP contribution in [0, 0.1) is 5.41 Å². The van der Waals surface area contributed by atoms with E-state index in [-0.39, 0.29) is 11.7 Å². The van der Waals surface area contributed by atoms with Gasteiger partial charge in [0.2, 0.25) is 5.91 Å². The van der Waals surface area contributed by atoms with Gasteiger partial charge in [0.05, 0.1) is 25.9 Å². The van der Waals surface area contributed by atoms with Crippen molar-refractivity contribution in [3.05, 3.63) is 42.0 Å². The number of ketones is 1. The first-order valence-corrected chi connectivity index (χ1v) is 11.5. The summed E-state index contributed by atoms with van der Waals surface area (Å²) in [5.41, 5.74) is 6.74. The van der Waals surface area contributed by atoms with Crippen LogP contribution in [0.4, 0.5) is 11.4 Å². The summed E-state index contributed by atoms with van der Waals surface area (Å²) >= 11 is 0. The first-order valence-electron chi connectivity index (χ1n) is 11.5. The Morgan fingerprint density at radius 2 is 1.82 bits per heavy atom. The van der Waals surface area contributed by atoms with Crippen LogP contribution in [0.2, 0.25) is 0 Å². The van der Waals surface area contributed by atoms with E-state index in [1.165, 1.54) is 7.11 Å². The van der Waals surface area contributed by atoms with Crippen LogP contribution in [0.5, 0.6) is 17.2 Å². The second-order valence-electron chi connectivity index (χ2n) is 8.96. The summed E-state index contributed by atoms with van der Waals surface area (Å²) in [6, 6.07) is 10.8. The zero-order valence-electron chi connectivity index (χ0n) is 19.7. The third-order valence-corrected chi connectivity index (χ3v) is 5.91.